The summed E-state index contributed by atoms with van der Waals surface area (Å²) in [6, 6.07) is 4.48. The largest absolute Gasteiger partial charge is 0.478 e. The van der Waals surface area contributed by atoms with Crippen molar-refractivity contribution in [3.05, 3.63) is 45.4 Å². The fourth-order valence-electron chi connectivity index (χ4n) is 1.86. The SMILES string of the molecule is Cc1csc(CNC(=O)Nc2cccc(C)c2C(=O)O)n1. The van der Waals surface area contributed by atoms with E-state index in [0.29, 0.717) is 12.1 Å². The molecule has 2 amide bonds. The first kappa shape index (κ1) is 15.0. The highest BCUT2D eigenvalue weighted by molar-refractivity contribution is 7.09. The lowest BCUT2D eigenvalue weighted by molar-refractivity contribution is 0.0697. The predicted octanol–water partition coefficient (Wildman–Crippen LogP) is 2.78. The average Bonchev–Trinajstić information content (AvgIpc) is 2.82. The van der Waals surface area contributed by atoms with Crippen LogP contribution in [0.15, 0.2) is 23.6 Å². The number of aromatic carboxylic acids is 1. The van der Waals surface area contributed by atoms with Gasteiger partial charge < -0.3 is 15.7 Å². The van der Waals surface area contributed by atoms with Gasteiger partial charge in [0.15, 0.2) is 0 Å². The van der Waals surface area contributed by atoms with Crippen LogP contribution in [-0.2, 0) is 6.54 Å². The Morgan fingerprint density at radius 1 is 1.33 bits per heavy atom. The summed E-state index contributed by atoms with van der Waals surface area (Å²) in [5.41, 5.74) is 1.87. The van der Waals surface area contributed by atoms with E-state index in [9.17, 15) is 14.7 Å². The maximum absolute atomic E-state index is 11.8. The Bertz CT molecular complexity index is 682. The zero-order chi connectivity index (χ0) is 15.4. The van der Waals surface area contributed by atoms with Crippen molar-refractivity contribution in [2.45, 2.75) is 20.4 Å². The molecule has 1 aromatic carbocycles. The van der Waals surface area contributed by atoms with Gasteiger partial charge >= 0.3 is 12.0 Å². The molecular weight excluding hydrogens is 290 g/mol. The van der Waals surface area contributed by atoms with Gasteiger partial charge in [0.25, 0.3) is 0 Å². The van der Waals surface area contributed by atoms with Crippen molar-refractivity contribution in [1.29, 1.82) is 0 Å². The summed E-state index contributed by atoms with van der Waals surface area (Å²) in [6.07, 6.45) is 0. The van der Waals surface area contributed by atoms with Crippen LogP contribution in [0, 0.1) is 13.8 Å². The van der Waals surface area contributed by atoms with Crippen LogP contribution in [0.4, 0.5) is 10.5 Å². The summed E-state index contributed by atoms with van der Waals surface area (Å²) in [4.78, 5) is 27.3. The van der Waals surface area contributed by atoms with Gasteiger partial charge in [-0.3, -0.25) is 0 Å². The van der Waals surface area contributed by atoms with Gasteiger partial charge in [0.1, 0.15) is 5.01 Å². The van der Waals surface area contributed by atoms with Gasteiger partial charge in [-0.2, -0.15) is 0 Å². The van der Waals surface area contributed by atoms with E-state index < -0.39 is 12.0 Å². The van der Waals surface area contributed by atoms with Crippen molar-refractivity contribution in [2.75, 3.05) is 5.32 Å². The number of aromatic nitrogens is 1. The first-order chi connectivity index (χ1) is 9.97. The quantitative estimate of drug-likeness (QED) is 0.810. The molecular formula is C14H15N3O3S. The molecule has 0 saturated heterocycles. The van der Waals surface area contributed by atoms with Gasteiger partial charge in [-0.05, 0) is 25.5 Å². The van der Waals surface area contributed by atoms with Crippen LogP contribution in [-0.4, -0.2) is 22.1 Å². The second kappa shape index (κ2) is 6.36. The third-order valence-electron chi connectivity index (χ3n) is 2.80. The lowest BCUT2D eigenvalue weighted by atomic mass is 10.1. The summed E-state index contributed by atoms with van der Waals surface area (Å²) in [5.74, 6) is -1.07. The van der Waals surface area contributed by atoms with E-state index in [-0.39, 0.29) is 11.3 Å². The van der Waals surface area contributed by atoms with Crippen LogP contribution in [0.3, 0.4) is 0 Å². The molecule has 0 bridgehead atoms. The number of aryl methyl sites for hydroxylation is 2. The van der Waals surface area contributed by atoms with Crippen molar-refractivity contribution in [3.8, 4) is 0 Å². The molecule has 21 heavy (non-hydrogen) atoms. The number of rotatable bonds is 4. The number of carboxylic acids is 1. The van der Waals surface area contributed by atoms with Gasteiger partial charge in [0.05, 0.1) is 17.8 Å². The van der Waals surface area contributed by atoms with Gasteiger partial charge in [0.2, 0.25) is 0 Å². The Morgan fingerprint density at radius 2 is 2.10 bits per heavy atom. The molecule has 2 rings (SSSR count). The van der Waals surface area contributed by atoms with Crippen LogP contribution >= 0.6 is 11.3 Å². The number of urea groups is 1. The minimum atomic E-state index is -1.07. The molecule has 0 spiro atoms. The number of hydrogen-bond donors (Lipinski definition) is 3. The Kier molecular flexibility index (Phi) is 4.54. The van der Waals surface area contributed by atoms with Gasteiger partial charge in [-0.25, -0.2) is 14.6 Å². The lowest BCUT2D eigenvalue weighted by Crippen LogP contribution is -2.29. The molecule has 0 fully saturated rings. The van der Waals surface area contributed by atoms with Crippen LogP contribution in [0.1, 0.15) is 26.6 Å². The van der Waals surface area contributed by atoms with E-state index in [4.69, 9.17) is 0 Å². The molecule has 0 radical (unpaired) electrons. The van der Waals surface area contributed by atoms with Crippen molar-refractivity contribution in [2.24, 2.45) is 0 Å². The molecule has 3 N–H and O–H groups in total. The second-order valence-electron chi connectivity index (χ2n) is 4.49. The summed E-state index contributed by atoms with van der Waals surface area (Å²) in [7, 11) is 0. The van der Waals surface area contributed by atoms with Crippen molar-refractivity contribution in [1.82, 2.24) is 10.3 Å². The van der Waals surface area contributed by atoms with E-state index in [1.807, 2.05) is 12.3 Å². The fourth-order valence-corrected chi connectivity index (χ4v) is 2.57. The van der Waals surface area contributed by atoms with Crippen molar-refractivity contribution >= 4 is 29.0 Å². The Morgan fingerprint density at radius 3 is 2.71 bits per heavy atom. The summed E-state index contributed by atoms with van der Waals surface area (Å²) in [5, 5.41) is 17.1. The van der Waals surface area contributed by atoms with Gasteiger partial charge in [0, 0.05) is 11.1 Å². The van der Waals surface area contributed by atoms with Crippen LogP contribution in [0.25, 0.3) is 0 Å². The number of anilines is 1. The Balaban J connectivity index is 2.03. The highest BCUT2D eigenvalue weighted by Crippen LogP contribution is 2.19. The minimum absolute atomic E-state index is 0.0951. The van der Waals surface area contributed by atoms with E-state index in [1.165, 1.54) is 11.3 Å². The normalized spacial score (nSPS) is 10.2. The van der Waals surface area contributed by atoms with Crippen molar-refractivity contribution in [3.63, 3.8) is 0 Å². The lowest BCUT2D eigenvalue weighted by Gasteiger charge is -2.11. The van der Waals surface area contributed by atoms with E-state index in [2.05, 4.69) is 15.6 Å². The minimum Gasteiger partial charge on any atom is -0.478 e. The molecule has 0 aliphatic rings. The number of nitrogens with zero attached hydrogens (tertiary/aromatic N) is 1. The first-order valence-electron chi connectivity index (χ1n) is 6.26. The molecule has 0 saturated carbocycles. The van der Waals surface area contributed by atoms with E-state index in [1.54, 1.807) is 25.1 Å². The highest BCUT2D eigenvalue weighted by atomic mass is 32.1. The zero-order valence-corrected chi connectivity index (χ0v) is 12.5. The number of carbonyl (C=O) groups excluding carboxylic acids is 1. The molecule has 2 aromatic rings. The molecule has 0 unspecified atom stereocenters. The molecule has 110 valence electrons. The van der Waals surface area contributed by atoms with Gasteiger partial charge in [-0.15, -0.1) is 11.3 Å². The number of thiazole rings is 1. The fraction of sp³-hybridized carbons (Fsp3) is 0.214. The van der Waals surface area contributed by atoms with E-state index in [0.717, 1.165) is 10.7 Å². The average molecular weight is 305 g/mol. The first-order valence-corrected chi connectivity index (χ1v) is 7.14. The monoisotopic (exact) mass is 305 g/mol. The number of hydrogen-bond acceptors (Lipinski definition) is 4. The number of amides is 2. The third kappa shape index (κ3) is 3.79. The zero-order valence-electron chi connectivity index (χ0n) is 11.6. The highest BCUT2D eigenvalue weighted by Gasteiger charge is 2.14. The Labute approximate surface area is 125 Å². The smallest absolute Gasteiger partial charge is 0.338 e. The van der Waals surface area contributed by atoms with Crippen LogP contribution in [0.2, 0.25) is 0 Å². The second-order valence-corrected chi connectivity index (χ2v) is 5.44. The third-order valence-corrected chi connectivity index (χ3v) is 3.77. The van der Waals surface area contributed by atoms with Gasteiger partial charge in [-0.1, -0.05) is 12.1 Å². The van der Waals surface area contributed by atoms with Crippen LogP contribution in [0.5, 0.6) is 0 Å². The number of carboxylic acid groups (broad SMARTS) is 1. The molecule has 7 heteroatoms. The standard InChI is InChI=1S/C14H15N3O3S/c1-8-4-3-5-10(12(8)13(18)19)17-14(20)15-6-11-16-9(2)7-21-11/h3-5,7H,6H2,1-2H3,(H,18,19)(H2,15,17,20). The topological polar surface area (TPSA) is 91.3 Å². The molecule has 1 heterocycles. The predicted molar refractivity (Wildman–Crippen MR) is 80.8 cm³/mol. The maximum Gasteiger partial charge on any atom is 0.338 e. The molecule has 0 atom stereocenters. The Hall–Kier alpha value is -2.41. The maximum atomic E-state index is 11.8. The number of nitrogens with one attached hydrogen (secondary N) is 2. The molecule has 0 aliphatic carbocycles. The number of carbonyl (C=O) groups is 2. The molecule has 6 nitrogen and oxygen atoms in total. The summed E-state index contributed by atoms with van der Waals surface area (Å²) < 4.78 is 0. The molecule has 1 aromatic heterocycles. The summed E-state index contributed by atoms with van der Waals surface area (Å²) in [6.45, 7) is 3.87. The molecule has 0 aliphatic heterocycles. The van der Waals surface area contributed by atoms with Crippen LogP contribution < -0.4 is 10.6 Å². The van der Waals surface area contributed by atoms with Crippen molar-refractivity contribution < 1.29 is 14.7 Å². The summed E-state index contributed by atoms with van der Waals surface area (Å²) >= 11 is 1.46. The van der Waals surface area contributed by atoms with E-state index >= 15 is 0 Å². The number of benzene rings is 1.